The Bertz CT molecular complexity index is 471. The highest BCUT2D eigenvalue weighted by Gasteiger charge is 2.35. The van der Waals surface area contributed by atoms with Crippen LogP contribution in [0.1, 0.15) is 74.3 Å². The molecule has 2 fully saturated rings. The Hall–Kier alpha value is -1.39. The Morgan fingerprint density at radius 2 is 2.05 bits per heavy atom. The van der Waals surface area contributed by atoms with Crippen molar-refractivity contribution in [2.45, 2.75) is 57.8 Å². The number of hydrogen-bond acceptors (Lipinski definition) is 5. The lowest BCUT2D eigenvalue weighted by Crippen LogP contribution is -2.27. The summed E-state index contributed by atoms with van der Waals surface area (Å²) in [4.78, 5) is 15.8. The Labute approximate surface area is 119 Å². The Morgan fingerprint density at radius 3 is 2.85 bits per heavy atom. The maximum Gasteiger partial charge on any atom is 0.379 e. The lowest BCUT2D eigenvalue weighted by Gasteiger charge is -2.38. The summed E-state index contributed by atoms with van der Waals surface area (Å²) in [6, 6.07) is 0. The van der Waals surface area contributed by atoms with E-state index in [4.69, 9.17) is 9.26 Å². The highest BCUT2D eigenvalue weighted by atomic mass is 16.5. The molecule has 0 aliphatic heterocycles. The van der Waals surface area contributed by atoms with E-state index < -0.39 is 5.97 Å². The number of carbonyl (C=O) groups is 1. The Morgan fingerprint density at radius 1 is 1.25 bits per heavy atom. The molecule has 2 saturated carbocycles. The zero-order chi connectivity index (χ0) is 13.9. The number of aromatic nitrogens is 2. The maximum absolute atomic E-state index is 11.6. The third-order valence-electron chi connectivity index (χ3n) is 4.79. The van der Waals surface area contributed by atoms with Gasteiger partial charge in [-0.3, -0.25) is 0 Å². The molecule has 3 unspecified atom stereocenters. The molecule has 5 nitrogen and oxygen atoms in total. The predicted molar refractivity (Wildman–Crippen MR) is 72.3 cm³/mol. The van der Waals surface area contributed by atoms with Gasteiger partial charge in [0.25, 0.3) is 5.82 Å². The number of hydrogen-bond donors (Lipinski definition) is 0. The summed E-state index contributed by atoms with van der Waals surface area (Å²) in [6.07, 6.45) is 8.95. The number of rotatable bonds is 3. The van der Waals surface area contributed by atoms with Crippen LogP contribution >= 0.6 is 0 Å². The van der Waals surface area contributed by atoms with E-state index in [9.17, 15) is 4.79 Å². The number of carbonyl (C=O) groups excluding carboxylic acids is 1. The highest BCUT2D eigenvalue weighted by molar-refractivity contribution is 5.84. The first kappa shape index (κ1) is 13.6. The molecule has 0 spiro atoms. The van der Waals surface area contributed by atoms with Crippen LogP contribution in [0.3, 0.4) is 0 Å². The van der Waals surface area contributed by atoms with Gasteiger partial charge in [-0.1, -0.05) is 25.7 Å². The molecule has 3 atom stereocenters. The van der Waals surface area contributed by atoms with Crippen LogP contribution in [0.15, 0.2) is 4.52 Å². The molecule has 5 heteroatoms. The van der Waals surface area contributed by atoms with E-state index in [0.717, 1.165) is 24.7 Å². The smallest absolute Gasteiger partial charge is 0.379 e. The topological polar surface area (TPSA) is 65.2 Å². The van der Waals surface area contributed by atoms with Gasteiger partial charge in [0.15, 0.2) is 0 Å². The van der Waals surface area contributed by atoms with E-state index in [1.807, 2.05) is 0 Å². The van der Waals surface area contributed by atoms with Crippen LogP contribution in [0.25, 0.3) is 0 Å². The van der Waals surface area contributed by atoms with Crippen LogP contribution in [-0.2, 0) is 4.74 Å². The van der Waals surface area contributed by atoms with E-state index in [2.05, 4.69) is 10.1 Å². The fourth-order valence-electron chi connectivity index (χ4n) is 3.78. The average molecular weight is 278 g/mol. The van der Waals surface area contributed by atoms with Crippen molar-refractivity contribution in [2.24, 2.45) is 11.8 Å². The van der Waals surface area contributed by atoms with Gasteiger partial charge in [0.2, 0.25) is 5.89 Å². The van der Waals surface area contributed by atoms with Crippen molar-refractivity contribution >= 4 is 5.97 Å². The van der Waals surface area contributed by atoms with E-state index in [0.29, 0.717) is 18.4 Å². The normalized spacial score (nSPS) is 29.8. The van der Waals surface area contributed by atoms with Gasteiger partial charge in [0.1, 0.15) is 0 Å². The second kappa shape index (κ2) is 5.94. The summed E-state index contributed by atoms with van der Waals surface area (Å²) >= 11 is 0. The van der Waals surface area contributed by atoms with Gasteiger partial charge in [-0.05, 0) is 43.2 Å². The zero-order valence-electron chi connectivity index (χ0n) is 12.0. The molecule has 0 saturated heterocycles. The van der Waals surface area contributed by atoms with Gasteiger partial charge in [0, 0.05) is 5.92 Å². The fourth-order valence-corrected chi connectivity index (χ4v) is 3.78. The molecule has 0 radical (unpaired) electrons. The second-order valence-electron chi connectivity index (χ2n) is 5.99. The molecule has 0 N–H and O–H groups in total. The summed E-state index contributed by atoms with van der Waals surface area (Å²) < 4.78 is 10.2. The first-order valence-corrected chi connectivity index (χ1v) is 7.78. The molecule has 1 aromatic heterocycles. The van der Waals surface area contributed by atoms with Crippen molar-refractivity contribution in [3.8, 4) is 0 Å². The molecule has 0 aromatic carbocycles. The Kier molecular flexibility index (Phi) is 4.03. The largest absolute Gasteiger partial charge is 0.460 e. The molecular weight excluding hydrogens is 256 g/mol. The molecule has 3 rings (SSSR count). The van der Waals surface area contributed by atoms with Crippen LogP contribution < -0.4 is 0 Å². The van der Waals surface area contributed by atoms with E-state index in [1.165, 1.54) is 32.1 Å². The number of esters is 1. The first-order valence-electron chi connectivity index (χ1n) is 7.78. The summed E-state index contributed by atoms with van der Waals surface area (Å²) in [7, 11) is 0. The summed E-state index contributed by atoms with van der Waals surface area (Å²) in [5, 5.41) is 3.75. The highest BCUT2D eigenvalue weighted by Crippen LogP contribution is 2.45. The Balaban J connectivity index is 1.66. The van der Waals surface area contributed by atoms with E-state index in [1.54, 1.807) is 6.92 Å². The number of nitrogens with zero attached hydrogens (tertiary/aromatic N) is 2. The molecule has 0 amide bonds. The molecule has 2 aliphatic carbocycles. The third kappa shape index (κ3) is 2.72. The van der Waals surface area contributed by atoms with Crippen LogP contribution in [0.2, 0.25) is 0 Å². The lowest BCUT2D eigenvalue weighted by atomic mass is 9.67. The second-order valence-corrected chi connectivity index (χ2v) is 5.99. The minimum absolute atomic E-state index is 0.0626. The van der Waals surface area contributed by atoms with Crippen molar-refractivity contribution in [3.05, 3.63) is 11.7 Å². The average Bonchev–Trinajstić information content (AvgIpc) is 2.97. The van der Waals surface area contributed by atoms with Crippen molar-refractivity contribution in [3.63, 3.8) is 0 Å². The molecule has 1 heterocycles. The maximum atomic E-state index is 11.6. The fraction of sp³-hybridized carbons (Fsp3) is 0.800. The standard InChI is InChI=1S/C15H22N2O3/c1-2-19-15(18)13-16-14(20-17-13)12-8-7-10-5-3-4-6-11(10)9-12/h10-12H,2-9H2,1H3. The summed E-state index contributed by atoms with van der Waals surface area (Å²) in [5.41, 5.74) is 0. The first-order chi connectivity index (χ1) is 9.78. The van der Waals surface area contributed by atoms with Crippen molar-refractivity contribution < 1.29 is 14.1 Å². The van der Waals surface area contributed by atoms with Crippen LogP contribution in [0.4, 0.5) is 0 Å². The SMILES string of the molecule is CCOC(=O)c1noc(C2CCC3CCCCC3C2)n1. The van der Waals surface area contributed by atoms with Crippen LogP contribution in [0.5, 0.6) is 0 Å². The van der Waals surface area contributed by atoms with Gasteiger partial charge in [-0.25, -0.2) is 4.79 Å². The minimum atomic E-state index is -0.492. The number of fused-ring (bicyclic) bond motifs is 1. The summed E-state index contributed by atoms with van der Waals surface area (Å²) in [5.74, 6) is 2.22. The summed E-state index contributed by atoms with van der Waals surface area (Å²) in [6.45, 7) is 2.10. The minimum Gasteiger partial charge on any atom is -0.460 e. The van der Waals surface area contributed by atoms with Gasteiger partial charge < -0.3 is 9.26 Å². The van der Waals surface area contributed by atoms with E-state index >= 15 is 0 Å². The van der Waals surface area contributed by atoms with Gasteiger partial charge in [0.05, 0.1) is 6.61 Å². The quantitative estimate of drug-likeness (QED) is 0.793. The van der Waals surface area contributed by atoms with Crippen molar-refractivity contribution in [2.75, 3.05) is 6.61 Å². The van der Waals surface area contributed by atoms with Crippen LogP contribution in [0, 0.1) is 11.8 Å². The van der Waals surface area contributed by atoms with Crippen molar-refractivity contribution in [1.29, 1.82) is 0 Å². The molecular formula is C15H22N2O3. The number of ether oxygens (including phenoxy) is 1. The predicted octanol–water partition coefficient (Wildman–Crippen LogP) is 3.32. The molecule has 0 bridgehead atoms. The van der Waals surface area contributed by atoms with Gasteiger partial charge in [-0.2, -0.15) is 4.98 Å². The van der Waals surface area contributed by atoms with Gasteiger partial charge in [-0.15, -0.1) is 0 Å². The molecule has 110 valence electrons. The van der Waals surface area contributed by atoms with Gasteiger partial charge >= 0.3 is 5.97 Å². The van der Waals surface area contributed by atoms with Crippen molar-refractivity contribution in [1.82, 2.24) is 10.1 Å². The zero-order valence-corrected chi connectivity index (χ0v) is 12.0. The third-order valence-corrected chi connectivity index (χ3v) is 4.79. The van der Waals surface area contributed by atoms with Crippen LogP contribution in [-0.4, -0.2) is 22.7 Å². The molecule has 1 aromatic rings. The van der Waals surface area contributed by atoms with E-state index in [-0.39, 0.29) is 5.82 Å². The molecule has 2 aliphatic rings. The molecule has 20 heavy (non-hydrogen) atoms. The lowest BCUT2D eigenvalue weighted by molar-refractivity contribution is 0.0508. The monoisotopic (exact) mass is 278 g/mol.